The molecule has 0 bridgehead atoms. The number of rotatable bonds is 6. The van der Waals surface area contributed by atoms with Gasteiger partial charge < -0.3 is 10.1 Å². The molecule has 0 radical (unpaired) electrons. The van der Waals surface area contributed by atoms with E-state index in [0.29, 0.717) is 6.04 Å². The first kappa shape index (κ1) is 11.4. The minimum Gasteiger partial charge on any atom is -0.380 e. The van der Waals surface area contributed by atoms with Crippen molar-refractivity contribution < 1.29 is 4.74 Å². The Hall–Kier alpha value is -0.120. The summed E-state index contributed by atoms with van der Waals surface area (Å²) in [6.45, 7) is 5.50. The lowest BCUT2D eigenvalue weighted by Gasteiger charge is -2.32. The Labute approximate surface area is 93.2 Å². The monoisotopic (exact) mass is 212 g/mol. The van der Waals surface area contributed by atoms with E-state index in [2.05, 4.69) is 17.3 Å². The van der Waals surface area contributed by atoms with Crippen LogP contribution in [0.2, 0.25) is 0 Å². The fourth-order valence-corrected chi connectivity index (χ4v) is 2.22. The van der Waals surface area contributed by atoms with Crippen molar-refractivity contribution in [1.82, 2.24) is 10.2 Å². The second kappa shape index (κ2) is 5.83. The predicted molar refractivity (Wildman–Crippen MR) is 62.1 cm³/mol. The summed E-state index contributed by atoms with van der Waals surface area (Å²) >= 11 is 0. The predicted octanol–water partition coefficient (Wildman–Crippen LogP) is 1.10. The van der Waals surface area contributed by atoms with Crippen LogP contribution in [-0.4, -0.2) is 50.8 Å². The number of hydrogen-bond acceptors (Lipinski definition) is 3. The highest BCUT2D eigenvalue weighted by Gasteiger charge is 2.21. The molecule has 0 aromatic heterocycles. The highest BCUT2D eigenvalue weighted by atomic mass is 16.5. The molecule has 1 saturated heterocycles. The summed E-state index contributed by atoms with van der Waals surface area (Å²) in [6, 6.07) is 0.696. The molecule has 2 rings (SSSR count). The van der Waals surface area contributed by atoms with E-state index in [9.17, 15) is 0 Å². The lowest BCUT2D eigenvalue weighted by atomic mass is 10.1. The molecule has 0 spiro atoms. The lowest BCUT2D eigenvalue weighted by molar-refractivity contribution is 0.0845. The van der Waals surface area contributed by atoms with Gasteiger partial charge in [-0.2, -0.15) is 0 Å². The van der Waals surface area contributed by atoms with Crippen LogP contribution in [0.4, 0.5) is 0 Å². The molecule has 1 N–H and O–H groups in total. The fraction of sp³-hybridized carbons (Fsp3) is 1.00. The van der Waals surface area contributed by atoms with Crippen molar-refractivity contribution >= 4 is 0 Å². The molecule has 0 aromatic carbocycles. The van der Waals surface area contributed by atoms with E-state index < -0.39 is 0 Å². The standard InChI is InChI=1S/C12H24N2O/c1-13-12-3-2-6-14(9-12)7-8-15-10-11-4-5-11/h11-13H,2-10H2,1H3. The minimum atomic E-state index is 0.696. The van der Waals surface area contributed by atoms with Gasteiger partial charge in [0.2, 0.25) is 0 Å². The van der Waals surface area contributed by atoms with Gasteiger partial charge in [0.1, 0.15) is 0 Å². The number of likely N-dealkylation sites (N-methyl/N-ethyl adjacent to an activating group) is 1. The Morgan fingerprint density at radius 3 is 2.93 bits per heavy atom. The molecule has 1 unspecified atom stereocenters. The zero-order valence-electron chi connectivity index (χ0n) is 9.87. The molecule has 3 heteroatoms. The highest BCUT2D eigenvalue weighted by molar-refractivity contribution is 4.77. The second-order valence-corrected chi connectivity index (χ2v) is 4.95. The van der Waals surface area contributed by atoms with Gasteiger partial charge in [0.05, 0.1) is 6.61 Å². The Morgan fingerprint density at radius 1 is 1.33 bits per heavy atom. The van der Waals surface area contributed by atoms with Gasteiger partial charge in [0.15, 0.2) is 0 Å². The van der Waals surface area contributed by atoms with Crippen LogP contribution in [-0.2, 0) is 4.74 Å². The Balaban J connectivity index is 1.52. The summed E-state index contributed by atoms with van der Waals surface area (Å²) in [4.78, 5) is 2.53. The highest BCUT2D eigenvalue weighted by Crippen LogP contribution is 2.28. The summed E-state index contributed by atoms with van der Waals surface area (Å²) < 4.78 is 5.67. The third-order valence-electron chi connectivity index (χ3n) is 3.52. The third kappa shape index (κ3) is 4.09. The largest absolute Gasteiger partial charge is 0.380 e. The molecule has 0 aromatic rings. The SMILES string of the molecule is CNC1CCCN(CCOCC2CC2)C1. The zero-order valence-corrected chi connectivity index (χ0v) is 9.87. The number of piperidine rings is 1. The number of likely N-dealkylation sites (tertiary alicyclic amines) is 1. The first-order valence-corrected chi connectivity index (χ1v) is 6.36. The average molecular weight is 212 g/mol. The van der Waals surface area contributed by atoms with Crippen molar-refractivity contribution in [3.8, 4) is 0 Å². The normalized spacial score (nSPS) is 28.2. The van der Waals surface area contributed by atoms with Crippen molar-refractivity contribution in [3.05, 3.63) is 0 Å². The second-order valence-electron chi connectivity index (χ2n) is 4.95. The first-order valence-electron chi connectivity index (χ1n) is 6.36. The molecule has 2 fully saturated rings. The molecular weight excluding hydrogens is 188 g/mol. The van der Waals surface area contributed by atoms with Crippen LogP contribution in [0.1, 0.15) is 25.7 Å². The summed E-state index contributed by atoms with van der Waals surface area (Å²) in [5.41, 5.74) is 0. The summed E-state index contributed by atoms with van der Waals surface area (Å²) in [6.07, 6.45) is 5.45. The minimum absolute atomic E-state index is 0.696. The van der Waals surface area contributed by atoms with E-state index in [1.807, 2.05) is 0 Å². The number of hydrogen-bond donors (Lipinski definition) is 1. The van der Waals surface area contributed by atoms with E-state index in [1.165, 1.54) is 38.8 Å². The molecular formula is C12H24N2O. The van der Waals surface area contributed by atoms with E-state index in [-0.39, 0.29) is 0 Å². The van der Waals surface area contributed by atoms with Crippen LogP contribution in [0.5, 0.6) is 0 Å². The Bertz CT molecular complexity index is 182. The van der Waals surface area contributed by atoms with Gasteiger partial charge in [0, 0.05) is 25.7 Å². The molecule has 2 aliphatic rings. The number of nitrogens with one attached hydrogen (secondary N) is 1. The van der Waals surface area contributed by atoms with E-state index in [0.717, 1.165) is 25.7 Å². The van der Waals surface area contributed by atoms with Gasteiger partial charge in [-0.05, 0) is 45.2 Å². The lowest BCUT2D eigenvalue weighted by Crippen LogP contribution is -2.45. The average Bonchev–Trinajstić information content (AvgIpc) is 3.09. The maximum Gasteiger partial charge on any atom is 0.0593 e. The number of ether oxygens (including phenoxy) is 1. The topological polar surface area (TPSA) is 24.5 Å². The smallest absolute Gasteiger partial charge is 0.0593 e. The van der Waals surface area contributed by atoms with E-state index in [4.69, 9.17) is 4.74 Å². The molecule has 88 valence electrons. The quantitative estimate of drug-likeness (QED) is 0.667. The van der Waals surface area contributed by atoms with Crippen molar-refractivity contribution in [3.63, 3.8) is 0 Å². The van der Waals surface area contributed by atoms with Gasteiger partial charge in [-0.15, -0.1) is 0 Å². The maximum absolute atomic E-state index is 5.67. The van der Waals surface area contributed by atoms with Gasteiger partial charge in [0.25, 0.3) is 0 Å². The fourth-order valence-electron chi connectivity index (χ4n) is 2.22. The van der Waals surface area contributed by atoms with Crippen LogP contribution in [0.15, 0.2) is 0 Å². The van der Waals surface area contributed by atoms with Crippen LogP contribution < -0.4 is 5.32 Å². The van der Waals surface area contributed by atoms with Crippen molar-refractivity contribution in [2.24, 2.45) is 5.92 Å². The van der Waals surface area contributed by atoms with Crippen molar-refractivity contribution in [1.29, 1.82) is 0 Å². The van der Waals surface area contributed by atoms with Crippen molar-refractivity contribution in [2.75, 3.05) is 39.9 Å². The Kier molecular flexibility index (Phi) is 4.42. The molecule has 0 amide bonds. The molecule has 1 aliphatic heterocycles. The zero-order chi connectivity index (χ0) is 10.5. The number of nitrogens with zero attached hydrogens (tertiary/aromatic N) is 1. The van der Waals surface area contributed by atoms with Gasteiger partial charge >= 0.3 is 0 Å². The molecule has 1 heterocycles. The Morgan fingerprint density at radius 2 is 2.20 bits per heavy atom. The molecule has 1 atom stereocenters. The van der Waals surface area contributed by atoms with Gasteiger partial charge in [-0.3, -0.25) is 4.90 Å². The summed E-state index contributed by atoms with van der Waals surface area (Å²) in [5, 5.41) is 3.37. The maximum atomic E-state index is 5.67. The van der Waals surface area contributed by atoms with Crippen molar-refractivity contribution in [2.45, 2.75) is 31.7 Å². The van der Waals surface area contributed by atoms with Gasteiger partial charge in [-0.25, -0.2) is 0 Å². The molecule has 1 aliphatic carbocycles. The molecule has 3 nitrogen and oxygen atoms in total. The molecule has 1 saturated carbocycles. The van der Waals surface area contributed by atoms with Gasteiger partial charge in [-0.1, -0.05) is 0 Å². The van der Waals surface area contributed by atoms with E-state index in [1.54, 1.807) is 0 Å². The van der Waals surface area contributed by atoms with Crippen LogP contribution in [0.3, 0.4) is 0 Å². The molecule has 15 heavy (non-hydrogen) atoms. The van der Waals surface area contributed by atoms with Crippen LogP contribution in [0, 0.1) is 5.92 Å². The first-order chi connectivity index (χ1) is 7.38. The summed E-state index contributed by atoms with van der Waals surface area (Å²) in [5.74, 6) is 0.899. The van der Waals surface area contributed by atoms with Crippen LogP contribution >= 0.6 is 0 Å². The third-order valence-corrected chi connectivity index (χ3v) is 3.52. The van der Waals surface area contributed by atoms with E-state index >= 15 is 0 Å². The van der Waals surface area contributed by atoms with Crippen LogP contribution in [0.25, 0.3) is 0 Å². The summed E-state index contributed by atoms with van der Waals surface area (Å²) in [7, 11) is 2.07.